The molecule has 1 atom stereocenters. The van der Waals surface area contributed by atoms with Crippen LogP contribution < -0.4 is 10.6 Å². The Morgan fingerprint density at radius 2 is 2.08 bits per heavy atom. The lowest BCUT2D eigenvalue weighted by Crippen LogP contribution is -2.40. The predicted molar refractivity (Wildman–Crippen MR) is 89.0 cm³/mol. The molecule has 0 aliphatic carbocycles. The highest BCUT2D eigenvalue weighted by Gasteiger charge is 2.30. The largest absolute Gasteiger partial charge is 0.466 e. The van der Waals surface area contributed by atoms with Gasteiger partial charge >= 0.3 is 5.97 Å². The fourth-order valence-electron chi connectivity index (χ4n) is 2.99. The number of rotatable bonds is 4. The number of nitrogens with zero attached hydrogens (tertiary/aromatic N) is 5. The number of pyridine rings is 1. The Labute approximate surface area is 146 Å². The van der Waals surface area contributed by atoms with E-state index in [1.807, 2.05) is 23.1 Å². The first-order valence-corrected chi connectivity index (χ1v) is 7.98. The fraction of sp³-hybridized carbons (Fsp3) is 0.471. The van der Waals surface area contributed by atoms with Crippen molar-refractivity contribution in [3.63, 3.8) is 0 Å². The number of carbonyl (C=O) groups is 1. The van der Waals surface area contributed by atoms with E-state index in [0.29, 0.717) is 31.9 Å². The highest BCUT2D eigenvalue weighted by atomic mass is 16.5. The number of anilines is 2. The predicted octanol–water partition coefficient (Wildman–Crippen LogP) is 1.25. The van der Waals surface area contributed by atoms with E-state index in [2.05, 4.69) is 4.98 Å². The third-order valence-corrected chi connectivity index (χ3v) is 4.13. The molecule has 0 spiro atoms. The highest BCUT2D eigenvalue weighted by molar-refractivity contribution is 5.74. The average molecular weight is 338 g/mol. The molecule has 1 fully saturated rings. The summed E-state index contributed by atoms with van der Waals surface area (Å²) >= 11 is 0. The lowest BCUT2D eigenvalue weighted by Gasteiger charge is -2.33. The number of nitriles is 3. The second kappa shape index (κ2) is 7.99. The quantitative estimate of drug-likeness (QED) is 0.809. The maximum absolute atomic E-state index is 12.0. The van der Waals surface area contributed by atoms with E-state index in [1.165, 1.54) is 0 Å². The molecule has 128 valence electrons. The Balaban J connectivity index is 2.45. The Morgan fingerprint density at radius 1 is 1.36 bits per heavy atom. The van der Waals surface area contributed by atoms with Gasteiger partial charge in [-0.3, -0.25) is 4.79 Å². The van der Waals surface area contributed by atoms with Gasteiger partial charge in [0.2, 0.25) is 0 Å². The van der Waals surface area contributed by atoms with Gasteiger partial charge in [-0.15, -0.1) is 0 Å². The monoisotopic (exact) mass is 338 g/mol. The SMILES string of the molecule is CCOC(=O)[C@H]1CCCN(c2nc(N)c(C#N)c(CC#N)c2C#N)C1. The Morgan fingerprint density at radius 3 is 2.68 bits per heavy atom. The maximum atomic E-state index is 12.0. The smallest absolute Gasteiger partial charge is 0.310 e. The maximum Gasteiger partial charge on any atom is 0.310 e. The van der Waals surface area contributed by atoms with Crippen LogP contribution in [-0.4, -0.2) is 30.6 Å². The molecule has 0 saturated carbocycles. The third-order valence-electron chi connectivity index (χ3n) is 4.13. The topological polar surface area (TPSA) is 140 Å². The van der Waals surface area contributed by atoms with Gasteiger partial charge < -0.3 is 15.4 Å². The van der Waals surface area contributed by atoms with Crippen molar-refractivity contribution in [3.05, 3.63) is 16.7 Å². The minimum Gasteiger partial charge on any atom is -0.466 e. The Kier molecular flexibility index (Phi) is 5.76. The number of aromatic nitrogens is 1. The van der Waals surface area contributed by atoms with Crippen LogP contribution in [0.1, 0.15) is 36.5 Å². The average Bonchev–Trinajstić information content (AvgIpc) is 2.62. The summed E-state index contributed by atoms with van der Waals surface area (Å²) in [6.45, 7) is 3.03. The van der Waals surface area contributed by atoms with Gasteiger partial charge in [0.1, 0.15) is 29.3 Å². The van der Waals surface area contributed by atoms with Gasteiger partial charge in [-0.1, -0.05) is 0 Å². The molecule has 2 rings (SSSR count). The van der Waals surface area contributed by atoms with Crippen LogP contribution in [0.3, 0.4) is 0 Å². The molecule has 0 bridgehead atoms. The van der Waals surface area contributed by atoms with E-state index in [4.69, 9.17) is 15.7 Å². The van der Waals surface area contributed by atoms with E-state index < -0.39 is 0 Å². The summed E-state index contributed by atoms with van der Waals surface area (Å²) in [4.78, 5) is 18.0. The molecule has 0 amide bonds. The Hall–Kier alpha value is -3.31. The van der Waals surface area contributed by atoms with Crippen LogP contribution in [0.5, 0.6) is 0 Å². The summed E-state index contributed by atoms with van der Waals surface area (Å²) in [6, 6.07) is 5.91. The Bertz CT molecular complexity index is 799. The van der Waals surface area contributed by atoms with Crippen molar-refractivity contribution in [1.29, 1.82) is 15.8 Å². The van der Waals surface area contributed by atoms with Crippen molar-refractivity contribution in [2.75, 3.05) is 30.3 Å². The van der Waals surface area contributed by atoms with Crippen molar-refractivity contribution in [3.8, 4) is 18.2 Å². The van der Waals surface area contributed by atoms with E-state index in [-0.39, 0.29) is 40.8 Å². The summed E-state index contributed by atoms with van der Waals surface area (Å²) in [5.74, 6) is -0.277. The number of esters is 1. The van der Waals surface area contributed by atoms with Crippen molar-refractivity contribution in [1.82, 2.24) is 4.98 Å². The molecule has 2 N–H and O–H groups in total. The molecule has 0 radical (unpaired) electrons. The lowest BCUT2D eigenvalue weighted by atomic mass is 9.96. The number of ether oxygens (including phenoxy) is 1. The normalized spacial score (nSPS) is 16.4. The zero-order valence-electron chi connectivity index (χ0n) is 13.9. The summed E-state index contributed by atoms with van der Waals surface area (Å²) in [5, 5.41) is 27.8. The van der Waals surface area contributed by atoms with Gasteiger partial charge in [-0.05, 0) is 19.8 Å². The lowest BCUT2D eigenvalue weighted by molar-refractivity contribution is -0.148. The number of carbonyl (C=O) groups excluding carboxylic acids is 1. The van der Waals surface area contributed by atoms with E-state index in [0.717, 1.165) is 6.42 Å². The van der Waals surface area contributed by atoms with Gasteiger partial charge in [0.25, 0.3) is 0 Å². The second-order valence-corrected chi connectivity index (χ2v) is 5.64. The van der Waals surface area contributed by atoms with Crippen LogP contribution in [0.4, 0.5) is 11.6 Å². The number of hydrogen-bond donors (Lipinski definition) is 1. The minimum absolute atomic E-state index is 0.0139. The first-order chi connectivity index (χ1) is 12.1. The molecular weight excluding hydrogens is 320 g/mol. The minimum atomic E-state index is -0.307. The summed E-state index contributed by atoms with van der Waals surface area (Å²) in [6.07, 6.45) is 1.33. The molecule has 0 aromatic carbocycles. The first-order valence-electron chi connectivity index (χ1n) is 7.98. The van der Waals surface area contributed by atoms with Crippen LogP contribution >= 0.6 is 0 Å². The molecule has 0 unspecified atom stereocenters. The number of nitrogens with two attached hydrogens (primary N) is 1. The number of hydrogen-bond acceptors (Lipinski definition) is 8. The van der Waals surface area contributed by atoms with Crippen LogP contribution in [-0.2, 0) is 16.0 Å². The molecule has 1 saturated heterocycles. The first kappa shape index (κ1) is 18.0. The standard InChI is InChI=1S/C17H18N6O2/c1-2-25-17(24)11-4-3-7-23(10-11)16-14(9-20)12(5-6-18)13(8-19)15(21)22-16/h11H,2-5,7,10H2,1H3,(H2,21,22)/t11-/m0/s1. The second-order valence-electron chi connectivity index (χ2n) is 5.64. The van der Waals surface area contributed by atoms with Gasteiger partial charge in [-0.2, -0.15) is 15.8 Å². The van der Waals surface area contributed by atoms with Crippen molar-refractivity contribution in [2.24, 2.45) is 5.92 Å². The van der Waals surface area contributed by atoms with E-state index in [1.54, 1.807) is 6.92 Å². The third kappa shape index (κ3) is 3.62. The van der Waals surface area contributed by atoms with Gasteiger partial charge in [0, 0.05) is 18.7 Å². The van der Waals surface area contributed by atoms with Gasteiger partial charge in [-0.25, -0.2) is 4.98 Å². The zero-order chi connectivity index (χ0) is 18.4. The van der Waals surface area contributed by atoms with E-state index in [9.17, 15) is 15.3 Å². The van der Waals surface area contributed by atoms with Crippen molar-refractivity contribution >= 4 is 17.6 Å². The highest BCUT2D eigenvalue weighted by Crippen LogP contribution is 2.31. The number of nitrogen functional groups attached to an aromatic ring is 1. The van der Waals surface area contributed by atoms with Crippen molar-refractivity contribution < 1.29 is 9.53 Å². The summed E-state index contributed by atoms with van der Waals surface area (Å²) < 4.78 is 5.08. The molecule has 1 aromatic rings. The van der Waals surface area contributed by atoms with E-state index >= 15 is 0 Å². The zero-order valence-corrected chi connectivity index (χ0v) is 13.9. The van der Waals surface area contributed by atoms with Crippen LogP contribution in [0.2, 0.25) is 0 Å². The summed E-state index contributed by atoms with van der Waals surface area (Å²) in [5.41, 5.74) is 6.37. The molecule has 1 aliphatic heterocycles. The molecule has 8 heteroatoms. The van der Waals surface area contributed by atoms with Gasteiger partial charge in [0.15, 0.2) is 0 Å². The molecular formula is C17H18N6O2. The molecule has 1 aromatic heterocycles. The van der Waals surface area contributed by atoms with Crippen molar-refractivity contribution in [2.45, 2.75) is 26.2 Å². The van der Waals surface area contributed by atoms with Gasteiger partial charge in [0.05, 0.1) is 30.6 Å². The van der Waals surface area contributed by atoms with Crippen LogP contribution in [0.15, 0.2) is 0 Å². The van der Waals surface area contributed by atoms with Crippen LogP contribution in [0.25, 0.3) is 0 Å². The van der Waals surface area contributed by atoms with Crippen LogP contribution in [0, 0.1) is 39.9 Å². The molecule has 1 aliphatic rings. The molecule has 2 heterocycles. The fourth-order valence-corrected chi connectivity index (χ4v) is 2.99. The molecule has 8 nitrogen and oxygen atoms in total. The molecule has 25 heavy (non-hydrogen) atoms. The number of piperidine rings is 1. The summed E-state index contributed by atoms with van der Waals surface area (Å²) in [7, 11) is 0.